The van der Waals surface area contributed by atoms with Gasteiger partial charge in [0, 0.05) is 5.02 Å². The molecule has 0 amide bonds. The van der Waals surface area contributed by atoms with Gasteiger partial charge in [-0.2, -0.15) is 0 Å². The Morgan fingerprint density at radius 1 is 1.62 bits per heavy atom. The molecule has 1 saturated heterocycles. The van der Waals surface area contributed by atoms with E-state index in [0.717, 1.165) is 18.1 Å². The van der Waals surface area contributed by atoms with Crippen molar-refractivity contribution in [3.63, 3.8) is 0 Å². The van der Waals surface area contributed by atoms with Crippen LogP contribution in [-0.2, 0) is 10.3 Å². The van der Waals surface area contributed by atoms with E-state index in [1.165, 1.54) is 5.56 Å². The summed E-state index contributed by atoms with van der Waals surface area (Å²) in [5.41, 5.74) is 1.14. The lowest BCUT2D eigenvalue weighted by Gasteiger charge is -2.10. The van der Waals surface area contributed by atoms with Gasteiger partial charge in [0.15, 0.2) is 0 Å². The van der Waals surface area contributed by atoms with Crippen LogP contribution in [0.25, 0.3) is 0 Å². The molecular weight excluding hydrogens is 184 g/mol. The summed E-state index contributed by atoms with van der Waals surface area (Å²) in [7, 11) is 0. The molecule has 69 valence electrons. The van der Waals surface area contributed by atoms with Crippen molar-refractivity contribution in [1.29, 1.82) is 0 Å². The molecule has 0 bridgehead atoms. The zero-order chi connectivity index (χ0) is 9.31. The molecule has 1 unspecified atom stereocenters. The lowest BCUT2D eigenvalue weighted by molar-refractivity contribution is 0.305. The molecule has 1 radical (unpaired) electrons. The average Bonchev–Trinajstić information content (AvgIpc) is 2.86. The van der Waals surface area contributed by atoms with Crippen molar-refractivity contribution in [2.75, 3.05) is 6.61 Å². The molecule has 1 fully saturated rings. The Morgan fingerprint density at radius 3 is 2.92 bits per heavy atom. The van der Waals surface area contributed by atoms with Gasteiger partial charge in [-0.25, -0.2) is 0 Å². The minimum atomic E-state index is -0.0559. The van der Waals surface area contributed by atoms with Gasteiger partial charge in [-0.1, -0.05) is 30.7 Å². The van der Waals surface area contributed by atoms with Gasteiger partial charge in [0.2, 0.25) is 0 Å². The number of ether oxygens (including phenoxy) is 1. The predicted octanol–water partition coefficient (Wildman–Crippen LogP) is 3.18. The maximum atomic E-state index is 5.91. The number of hydrogen-bond donors (Lipinski definition) is 0. The van der Waals surface area contributed by atoms with Gasteiger partial charge in [-0.05, 0) is 30.5 Å². The second-order valence-corrected chi connectivity index (χ2v) is 3.84. The van der Waals surface area contributed by atoms with Crippen molar-refractivity contribution in [3.8, 4) is 0 Å². The number of benzene rings is 1. The van der Waals surface area contributed by atoms with Gasteiger partial charge in [0.05, 0.1) is 6.61 Å². The first-order valence-corrected chi connectivity index (χ1v) is 4.82. The second-order valence-electron chi connectivity index (χ2n) is 3.41. The van der Waals surface area contributed by atoms with Crippen LogP contribution in [0.4, 0.5) is 0 Å². The zero-order valence-corrected chi connectivity index (χ0v) is 8.34. The summed E-state index contributed by atoms with van der Waals surface area (Å²) in [6.45, 7) is 2.87. The fraction of sp³-hybridized carbons (Fsp3) is 0.364. The molecule has 13 heavy (non-hydrogen) atoms. The van der Waals surface area contributed by atoms with E-state index in [-0.39, 0.29) is 5.60 Å². The topological polar surface area (TPSA) is 12.5 Å². The Bertz CT molecular complexity index is 305. The number of epoxide rings is 1. The normalized spacial score (nSPS) is 26.0. The SMILES string of the molecule is C[CH]CC1(c2cccc(Cl)c2)CO1. The number of halogens is 1. The van der Waals surface area contributed by atoms with Crippen LogP contribution in [0, 0.1) is 6.42 Å². The Morgan fingerprint density at radius 2 is 2.38 bits per heavy atom. The summed E-state index contributed by atoms with van der Waals surface area (Å²) in [5.74, 6) is 0. The summed E-state index contributed by atoms with van der Waals surface area (Å²) >= 11 is 5.91. The van der Waals surface area contributed by atoms with Crippen molar-refractivity contribution in [2.24, 2.45) is 0 Å². The molecule has 1 heterocycles. The lowest BCUT2D eigenvalue weighted by atomic mass is 9.95. The monoisotopic (exact) mass is 195 g/mol. The molecule has 0 aromatic heterocycles. The number of hydrogen-bond acceptors (Lipinski definition) is 1. The van der Waals surface area contributed by atoms with Crippen LogP contribution < -0.4 is 0 Å². The molecule has 1 aliphatic heterocycles. The quantitative estimate of drug-likeness (QED) is 0.675. The van der Waals surface area contributed by atoms with Crippen molar-refractivity contribution >= 4 is 11.6 Å². The van der Waals surface area contributed by atoms with E-state index in [9.17, 15) is 0 Å². The summed E-state index contributed by atoms with van der Waals surface area (Å²) in [6, 6.07) is 7.91. The largest absolute Gasteiger partial charge is 0.364 e. The Balaban J connectivity index is 2.25. The summed E-state index contributed by atoms with van der Waals surface area (Å²) in [6.07, 6.45) is 3.10. The van der Waals surface area contributed by atoms with E-state index < -0.39 is 0 Å². The number of rotatable bonds is 3. The van der Waals surface area contributed by atoms with Gasteiger partial charge in [0.25, 0.3) is 0 Å². The summed E-state index contributed by atoms with van der Waals surface area (Å²) in [4.78, 5) is 0. The van der Waals surface area contributed by atoms with Gasteiger partial charge >= 0.3 is 0 Å². The molecule has 1 nitrogen and oxygen atoms in total. The van der Waals surface area contributed by atoms with Crippen molar-refractivity contribution in [3.05, 3.63) is 41.3 Å². The molecule has 1 aromatic rings. The van der Waals surface area contributed by atoms with E-state index in [0.29, 0.717) is 0 Å². The van der Waals surface area contributed by atoms with Gasteiger partial charge in [0.1, 0.15) is 5.60 Å². The van der Waals surface area contributed by atoms with Gasteiger partial charge in [-0.15, -0.1) is 0 Å². The summed E-state index contributed by atoms with van der Waals surface area (Å²) in [5, 5.41) is 0.781. The Hall–Kier alpha value is -0.530. The highest BCUT2D eigenvalue weighted by atomic mass is 35.5. The van der Waals surface area contributed by atoms with E-state index in [2.05, 4.69) is 12.5 Å². The minimum absolute atomic E-state index is 0.0559. The Labute approximate surface area is 83.7 Å². The van der Waals surface area contributed by atoms with Crippen molar-refractivity contribution in [1.82, 2.24) is 0 Å². The fourth-order valence-corrected chi connectivity index (χ4v) is 1.78. The Kier molecular flexibility index (Phi) is 2.31. The van der Waals surface area contributed by atoms with Crippen LogP contribution in [-0.4, -0.2) is 6.61 Å². The first kappa shape index (κ1) is 9.04. The second kappa shape index (κ2) is 3.32. The molecule has 1 aromatic carbocycles. The van der Waals surface area contributed by atoms with Crippen molar-refractivity contribution < 1.29 is 4.74 Å². The molecule has 2 heteroatoms. The molecule has 0 spiro atoms. The van der Waals surface area contributed by atoms with Crippen LogP contribution in [0.5, 0.6) is 0 Å². The summed E-state index contributed by atoms with van der Waals surface area (Å²) < 4.78 is 5.49. The highest BCUT2D eigenvalue weighted by molar-refractivity contribution is 6.30. The first-order chi connectivity index (χ1) is 6.27. The van der Waals surface area contributed by atoms with Crippen LogP contribution in [0.3, 0.4) is 0 Å². The lowest BCUT2D eigenvalue weighted by Crippen LogP contribution is -2.07. The molecule has 1 aliphatic rings. The first-order valence-electron chi connectivity index (χ1n) is 4.45. The van der Waals surface area contributed by atoms with Gasteiger partial charge in [-0.3, -0.25) is 0 Å². The molecule has 1 atom stereocenters. The van der Waals surface area contributed by atoms with Crippen LogP contribution in [0.1, 0.15) is 18.9 Å². The molecule has 2 rings (SSSR count). The van der Waals surface area contributed by atoms with E-state index in [4.69, 9.17) is 16.3 Å². The third-order valence-corrected chi connectivity index (χ3v) is 2.61. The third-order valence-electron chi connectivity index (χ3n) is 2.38. The zero-order valence-electron chi connectivity index (χ0n) is 7.59. The van der Waals surface area contributed by atoms with Crippen LogP contribution in [0.15, 0.2) is 24.3 Å². The molecule has 0 N–H and O–H groups in total. The highest BCUT2D eigenvalue weighted by Gasteiger charge is 2.45. The average molecular weight is 196 g/mol. The fourth-order valence-electron chi connectivity index (χ4n) is 1.59. The minimum Gasteiger partial charge on any atom is -0.364 e. The molecular formula is C11H12ClO. The highest BCUT2D eigenvalue weighted by Crippen LogP contribution is 2.43. The van der Waals surface area contributed by atoms with Crippen LogP contribution >= 0.6 is 11.6 Å². The smallest absolute Gasteiger partial charge is 0.117 e. The predicted molar refractivity (Wildman–Crippen MR) is 53.7 cm³/mol. The maximum absolute atomic E-state index is 5.91. The van der Waals surface area contributed by atoms with Crippen molar-refractivity contribution in [2.45, 2.75) is 18.9 Å². The standard InChI is InChI=1S/C11H12ClO/c1-2-6-11(8-13-11)9-4-3-5-10(12)7-9/h2-5,7H,6,8H2,1H3. The maximum Gasteiger partial charge on any atom is 0.117 e. The van der Waals surface area contributed by atoms with Gasteiger partial charge < -0.3 is 4.74 Å². The van der Waals surface area contributed by atoms with E-state index in [1.807, 2.05) is 25.1 Å². The van der Waals surface area contributed by atoms with Crippen LogP contribution in [0.2, 0.25) is 5.02 Å². The van der Waals surface area contributed by atoms with E-state index >= 15 is 0 Å². The molecule has 0 aliphatic carbocycles. The van der Waals surface area contributed by atoms with E-state index in [1.54, 1.807) is 0 Å². The third kappa shape index (κ3) is 1.72. The molecule has 0 saturated carbocycles.